The Kier molecular flexibility index (Phi) is 6.88. The number of hydrogen-bond donors (Lipinski definition) is 1. The van der Waals surface area contributed by atoms with E-state index < -0.39 is 0 Å². The molecule has 0 bridgehead atoms. The van der Waals surface area contributed by atoms with E-state index in [0.29, 0.717) is 31.1 Å². The van der Waals surface area contributed by atoms with Crippen LogP contribution in [0, 0.1) is 5.92 Å². The first-order valence-corrected chi connectivity index (χ1v) is 9.59. The van der Waals surface area contributed by atoms with Gasteiger partial charge in [0.1, 0.15) is 0 Å². The zero-order valence-electron chi connectivity index (χ0n) is 15.0. The molecule has 2 amide bonds. The normalized spacial score (nSPS) is 21.2. The van der Waals surface area contributed by atoms with Gasteiger partial charge >= 0.3 is 0 Å². The second-order valence-electron chi connectivity index (χ2n) is 6.86. The first-order chi connectivity index (χ1) is 12.6. The molecule has 26 heavy (non-hydrogen) atoms. The van der Waals surface area contributed by atoms with Gasteiger partial charge < -0.3 is 15.0 Å². The van der Waals surface area contributed by atoms with Crippen molar-refractivity contribution in [1.29, 1.82) is 0 Å². The predicted molar refractivity (Wildman–Crippen MR) is 100 cm³/mol. The second-order valence-corrected chi connectivity index (χ2v) is 7.30. The van der Waals surface area contributed by atoms with Gasteiger partial charge in [-0.1, -0.05) is 23.7 Å². The van der Waals surface area contributed by atoms with E-state index in [2.05, 4.69) is 10.2 Å². The third-order valence-corrected chi connectivity index (χ3v) is 5.25. The molecule has 2 aliphatic rings. The van der Waals surface area contributed by atoms with Crippen LogP contribution in [0.2, 0.25) is 5.02 Å². The molecule has 142 valence electrons. The molecule has 0 spiro atoms. The summed E-state index contributed by atoms with van der Waals surface area (Å²) in [4.78, 5) is 28.6. The standard InChI is InChI=1S/C19H26ClN3O3/c20-17-3-1-15(2-4-17)5-6-21-19(25)16-13-18(24)23(14-16)8-7-22-9-11-26-12-10-22/h1-4,16H,5-14H2,(H,21,25). The molecule has 2 heterocycles. The number of carbonyl (C=O) groups is 2. The van der Waals surface area contributed by atoms with Crippen LogP contribution in [0.4, 0.5) is 0 Å². The Morgan fingerprint density at radius 1 is 1.19 bits per heavy atom. The Morgan fingerprint density at radius 2 is 1.92 bits per heavy atom. The Bertz CT molecular complexity index is 617. The number of benzene rings is 1. The number of halogens is 1. The van der Waals surface area contributed by atoms with E-state index in [0.717, 1.165) is 44.8 Å². The molecule has 1 aromatic carbocycles. The molecule has 1 N–H and O–H groups in total. The van der Waals surface area contributed by atoms with E-state index in [9.17, 15) is 9.59 Å². The molecule has 0 aromatic heterocycles. The highest BCUT2D eigenvalue weighted by Gasteiger charge is 2.34. The van der Waals surface area contributed by atoms with Crippen molar-refractivity contribution < 1.29 is 14.3 Å². The Hall–Kier alpha value is -1.63. The zero-order valence-corrected chi connectivity index (χ0v) is 15.7. The van der Waals surface area contributed by atoms with Crippen LogP contribution in [0.25, 0.3) is 0 Å². The molecule has 1 unspecified atom stereocenters. The SMILES string of the molecule is O=C(NCCc1ccc(Cl)cc1)C1CC(=O)N(CCN2CCOCC2)C1. The highest BCUT2D eigenvalue weighted by molar-refractivity contribution is 6.30. The average Bonchev–Trinajstić information content (AvgIpc) is 3.03. The fourth-order valence-corrected chi connectivity index (χ4v) is 3.50. The van der Waals surface area contributed by atoms with Crippen LogP contribution in [0.5, 0.6) is 0 Å². The minimum Gasteiger partial charge on any atom is -0.379 e. The molecule has 2 saturated heterocycles. The summed E-state index contributed by atoms with van der Waals surface area (Å²) < 4.78 is 5.33. The van der Waals surface area contributed by atoms with Gasteiger partial charge in [0.2, 0.25) is 11.8 Å². The van der Waals surface area contributed by atoms with Crippen LogP contribution in [0.3, 0.4) is 0 Å². The summed E-state index contributed by atoms with van der Waals surface area (Å²) in [5, 5.41) is 3.66. The fraction of sp³-hybridized carbons (Fsp3) is 0.579. The summed E-state index contributed by atoms with van der Waals surface area (Å²) >= 11 is 5.87. The third-order valence-electron chi connectivity index (χ3n) is 5.00. The van der Waals surface area contributed by atoms with Crippen molar-refractivity contribution in [2.45, 2.75) is 12.8 Å². The lowest BCUT2D eigenvalue weighted by atomic mass is 10.1. The van der Waals surface area contributed by atoms with Gasteiger partial charge in [0, 0.05) is 50.7 Å². The van der Waals surface area contributed by atoms with Gasteiger partial charge in [-0.3, -0.25) is 14.5 Å². The van der Waals surface area contributed by atoms with Crippen molar-refractivity contribution in [3.05, 3.63) is 34.9 Å². The summed E-state index contributed by atoms with van der Waals surface area (Å²) in [6.07, 6.45) is 1.07. The van der Waals surface area contributed by atoms with E-state index in [1.54, 1.807) is 0 Å². The topological polar surface area (TPSA) is 61.9 Å². The highest BCUT2D eigenvalue weighted by atomic mass is 35.5. The number of morpholine rings is 1. The molecule has 6 nitrogen and oxygen atoms in total. The molecule has 1 aromatic rings. The number of hydrogen-bond acceptors (Lipinski definition) is 4. The van der Waals surface area contributed by atoms with E-state index in [4.69, 9.17) is 16.3 Å². The van der Waals surface area contributed by atoms with Gasteiger partial charge in [-0.25, -0.2) is 0 Å². The lowest BCUT2D eigenvalue weighted by molar-refractivity contribution is -0.129. The first kappa shape index (κ1) is 19.1. The van der Waals surface area contributed by atoms with E-state index in [1.807, 2.05) is 29.2 Å². The van der Waals surface area contributed by atoms with Crippen LogP contribution in [0.15, 0.2) is 24.3 Å². The molecule has 0 saturated carbocycles. The molecule has 2 fully saturated rings. The van der Waals surface area contributed by atoms with Crippen molar-refractivity contribution in [1.82, 2.24) is 15.1 Å². The van der Waals surface area contributed by atoms with Crippen molar-refractivity contribution in [2.75, 3.05) is 52.5 Å². The number of nitrogens with zero attached hydrogens (tertiary/aromatic N) is 2. The van der Waals surface area contributed by atoms with Crippen molar-refractivity contribution in [3.8, 4) is 0 Å². The summed E-state index contributed by atoms with van der Waals surface area (Å²) in [6, 6.07) is 7.61. The number of likely N-dealkylation sites (tertiary alicyclic amines) is 1. The van der Waals surface area contributed by atoms with E-state index in [-0.39, 0.29) is 17.7 Å². The van der Waals surface area contributed by atoms with Gasteiger partial charge in [0.25, 0.3) is 0 Å². The Labute approximate surface area is 159 Å². The molecule has 0 radical (unpaired) electrons. The monoisotopic (exact) mass is 379 g/mol. The summed E-state index contributed by atoms with van der Waals surface area (Å²) in [7, 11) is 0. The number of rotatable bonds is 7. The van der Waals surface area contributed by atoms with Crippen molar-refractivity contribution in [3.63, 3.8) is 0 Å². The predicted octanol–water partition coefficient (Wildman–Crippen LogP) is 1.18. The quantitative estimate of drug-likeness (QED) is 0.772. The van der Waals surface area contributed by atoms with Crippen LogP contribution in [-0.4, -0.2) is 74.1 Å². The Balaban J connectivity index is 1.38. The third kappa shape index (κ3) is 5.43. The van der Waals surface area contributed by atoms with Gasteiger partial charge in [-0.2, -0.15) is 0 Å². The molecule has 1 atom stereocenters. The smallest absolute Gasteiger partial charge is 0.225 e. The summed E-state index contributed by atoms with van der Waals surface area (Å²) in [6.45, 7) is 5.97. The first-order valence-electron chi connectivity index (χ1n) is 9.22. The largest absolute Gasteiger partial charge is 0.379 e. The lowest BCUT2D eigenvalue weighted by Crippen LogP contribution is -2.42. The van der Waals surface area contributed by atoms with Gasteiger partial charge in [-0.05, 0) is 24.1 Å². The second kappa shape index (κ2) is 9.35. The van der Waals surface area contributed by atoms with Gasteiger partial charge in [-0.15, -0.1) is 0 Å². The maximum atomic E-state index is 12.3. The molecular formula is C19H26ClN3O3. The number of carbonyl (C=O) groups excluding carboxylic acids is 2. The van der Waals surface area contributed by atoms with Gasteiger partial charge in [0.05, 0.1) is 19.1 Å². The highest BCUT2D eigenvalue weighted by Crippen LogP contribution is 2.18. The van der Waals surface area contributed by atoms with Crippen LogP contribution in [-0.2, 0) is 20.7 Å². The van der Waals surface area contributed by atoms with Crippen molar-refractivity contribution in [2.24, 2.45) is 5.92 Å². The maximum Gasteiger partial charge on any atom is 0.225 e. The zero-order chi connectivity index (χ0) is 18.4. The lowest BCUT2D eigenvalue weighted by Gasteiger charge is -2.28. The summed E-state index contributed by atoms with van der Waals surface area (Å²) in [5.74, 6) is -0.185. The number of nitrogens with one attached hydrogen (secondary N) is 1. The number of ether oxygens (including phenoxy) is 1. The van der Waals surface area contributed by atoms with E-state index in [1.165, 1.54) is 0 Å². The molecule has 0 aliphatic carbocycles. The minimum atomic E-state index is -0.239. The Morgan fingerprint density at radius 3 is 2.65 bits per heavy atom. The maximum absolute atomic E-state index is 12.3. The minimum absolute atomic E-state index is 0.0267. The van der Waals surface area contributed by atoms with Crippen LogP contribution in [0.1, 0.15) is 12.0 Å². The molecule has 3 rings (SSSR count). The molecule has 2 aliphatic heterocycles. The van der Waals surface area contributed by atoms with Crippen molar-refractivity contribution >= 4 is 23.4 Å². The van der Waals surface area contributed by atoms with Gasteiger partial charge in [0.15, 0.2) is 0 Å². The average molecular weight is 380 g/mol. The molecule has 7 heteroatoms. The number of amides is 2. The van der Waals surface area contributed by atoms with Crippen LogP contribution < -0.4 is 5.32 Å². The van der Waals surface area contributed by atoms with E-state index >= 15 is 0 Å². The fourth-order valence-electron chi connectivity index (χ4n) is 3.38. The summed E-state index contributed by atoms with van der Waals surface area (Å²) in [5.41, 5.74) is 1.13. The molecular weight excluding hydrogens is 354 g/mol. The van der Waals surface area contributed by atoms with Crippen LogP contribution >= 0.6 is 11.6 Å².